The third-order valence-electron chi connectivity index (χ3n) is 4.26. The lowest BCUT2D eigenvalue weighted by Gasteiger charge is -2.27. The Labute approximate surface area is 144 Å². The summed E-state index contributed by atoms with van der Waals surface area (Å²) in [5, 5.41) is 11.6. The molecule has 2 saturated heterocycles. The molecule has 1 aromatic carbocycles. The van der Waals surface area contributed by atoms with E-state index >= 15 is 0 Å². The molecule has 2 heterocycles. The number of nitrogens with zero attached hydrogens (tertiary/aromatic N) is 1. The van der Waals surface area contributed by atoms with Crippen LogP contribution in [0.5, 0.6) is 0 Å². The summed E-state index contributed by atoms with van der Waals surface area (Å²) in [6.45, 7) is 2.13. The minimum Gasteiger partial charge on any atom is -0.479 e. The Morgan fingerprint density at radius 1 is 1.12 bits per heavy atom. The van der Waals surface area contributed by atoms with E-state index in [-0.39, 0.29) is 5.91 Å². The van der Waals surface area contributed by atoms with Crippen molar-refractivity contribution in [1.29, 1.82) is 0 Å². The lowest BCUT2D eigenvalue weighted by atomic mass is 10.1. The van der Waals surface area contributed by atoms with E-state index < -0.39 is 24.1 Å². The second kappa shape index (κ2) is 7.62. The van der Waals surface area contributed by atoms with Gasteiger partial charge in [-0.05, 0) is 31.0 Å². The molecule has 0 bridgehead atoms. The molecule has 2 fully saturated rings. The van der Waals surface area contributed by atoms with Gasteiger partial charge in [0.1, 0.15) is 6.10 Å². The number of carboxylic acids is 1. The van der Waals surface area contributed by atoms with E-state index in [1.807, 2.05) is 0 Å². The van der Waals surface area contributed by atoms with Crippen molar-refractivity contribution < 1.29 is 29.0 Å². The molecule has 25 heavy (non-hydrogen) atoms. The van der Waals surface area contributed by atoms with Gasteiger partial charge in [0.25, 0.3) is 11.8 Å². The smallest absolute Gasteiger partial charge is 0.332 e. The van der Waals surface area contributed by atoms with Crippen molar-refractivity contribution >= 4 is 23.5 Å². The summed E-state index contributed by atoms with van der Waals surface area (Å²) in [4.78, 5) is 37.3. The zero-order chi connectivity index (χ0) is 17.8. The quantitative estimate of drug-likeness (QED) is 0.831. The summed E-state index contributed by atoms with van der Waals surface area (Å²) < 4.78 is 10.5. The fourth-order valence-electron chi connectivity index (χ4n) is 2.91. The topological polar surface area (TPSA) is 105 Å². The van der Waals surface area contributed by atoms with E-state index in [1.165, 1.54) is 0 Å². The molecular weight excluding hydrogens is 328 g/mol. The zero-order valence-electron chi connectivity index (χ0n) is 13.6. The average Bonchev–Trinajstić information content (AvgIpc) is 3.13. The third-order valence-corrected chi connectivity index (χ3v) is 4.26. The van der Waals surface area contributed by atoms with E-state index in [0.717, 1.165) is 0 Å². The number of morpholine rings is 1. The maximum absolute atomic E-state index is 12.5. The number of benzene rings is 1. The molecular formula is C17H20N2O6. The van der Waals surface area contributed by atoms with Crippen molar-refractivity contribution in [2.24, 2.45) is 0 Å². The highest BCUT2D eigenvalue weighted by molar-refractivity contribution is 5.98. The van der Waals surface area contributed by atoms with Gasteiger partial charge in [0, 0.05) is 24.3 Å². The van der Waals surface area contributed by atoms with Crippen LogP contribution >= 0.6 is 0 Å². The lowest BCUT2D eigenvalue weighted by molar-refractivity contribution is -0.150. The van der Waals surface area contributed by atoms with Crippen molar-refractivity contribution in [2.75, 3.05) is 31.6 Å². The number of aliphatic carboxylic acids is 1. The second-order valence-corrected chi connectivity index (χ2v) is 6.00. The van der Waals surface area contributed by atoms with Gasteiger partial charge < -0.3 is 24.8 Å². The van der Waals surface area contributed by atoms with Crippen LogP contribution in [-0.4, -0.2) is 66.3 Å². The standard InChI is InChI=1S/C17H20N2O6/c20-15(13-4-5-14(25-13)17(22)23)18-12-3-1-2-11(10-12)16(21)19-6-8-24-9-7-19/h1-3,10,13-14H,4-9H2,(H,18,20)(H,22,23)/t13-,14+/m0/s1. The van der Waals surface area contributed by atoms with E-state index in [1.54, 1.807) is 29.2 Å². The first-order valence-corrected chi connectivity index (χ1v) is 8.21. The van der Waals surface area contributed by atoms with Gasteiger partial charge in [0.05, 0.1) is 13.2 Å². The van der Waals surface area contributed by atoms with Crippen LogP contribution in [-0.2, 0) is 19.1 Å². The fraction of sp³-hybridized carbons (Fsp3) is 0.471. The second-order valence-electron chi connectivity index (χ2n) is 6.00. The maximum Gasteiger partial charge on any atom is 0.332 e. The Balaban J connectivity index is 1.62. The van der Waals surface area contributed by atoms with Crippen LogP contribution in [0.15, 0.2) is 24.3 Å². The number of anilines is 1. The molecule has 2 aliphatic heterocycles. The van der Waals surface area contributed by atoms with Gasteiger partial charge in [0.15, 0.2) is 6.10 Å². The summed E-state index contributed by atoms with van der Waals surface area (Å²) in [6.07, 6.45) is -1.07. The number of rotatable bonds is 4. The minimum atomic E-state index is -1.06. The van der Waals surface area contributed by atoms with Crippen LogP contribution in [0.1, 0.15) is 23.2 Å². The summed E-state index contributed by atoms with van der Waals surface area (Å²) in [6, 6.07) is 6.68. The van der Waals surface area contributed by atoms with Gasteiger partial charge in [-0.1, -0.05) is 6.07 Å². The van der Waals surface area contributed by atoms with Crippen LogP contribution in [0.3, 0.4) is 0 Å². The average molecular weight is 348 g/mol. The number of nitrogens with one attached hydrogen (secondary N) is 1. The van der Waals surface area contributed by atoms with Crippen molar-refractivity contribution in [3.63, 3.8) is 0 Å². The minimum absolute atomic E-state index is 0.109. The first-order chi connectivity index (χ1) is 12.0. The Morgan fingerprint density at radius 3 is 2.52 bits per heavy atom. The first-order valence-electron chi connectivity index (χ1n) is 8.21. The van der Waals surface area contributed by atoms with Crippen LogP contribution in [0.2, 0.25) is 0 Å². The van der Waals surface area contributed by atoms with Crippen molar-refractivity contribution in [2.45, 2.75) is 25.0 Å². The molecule has 0 aromatic heterocycles. The van der Waals surface area contributed by atoms with E-state index in [2.05, 4.69) is 5.32 Å². The van der Waals surface area contributed by atoms with Gasteiger partial charge in [-0.15, -0.1) is 0 Å². The molecule has 2 N–H and O–H groups in total. The number of carbonyl (C=O) groups is 3. The molecule has 2 atom stereocenters. The van der Waals surface area contributed by atoms with Crippen molar-refractivity contribution in [3.05, 3.63) is 29.8 Å². The SMILES string of the molecule is O=C(Nc1cccc(C(=O)N2CCOCC2)c1)[C@@H]1CC[C@H](C(=O)O)O1. The summed E-state index contributed by atoms with van der Waals surface area (Å²) in [7, 11) is 0. The molecule has 0 unspecified atom stereocenters. The van der Waals surface area contributed by atoms with Gasteiger partial charge in [-0.2, -0.15) is 0 Å². The number of amides is 2. The maximum atomic E-state index is 12.5. The highest BCUT2D eigenvalue weighted by Gasteiger charge is 2.34. The zero-order valence-corrected chi connectivity index (χ0v) is 13.6. The molecule has 1 aromatic rings. The highest BCUT2D eigenvalue weighted by Crippen LogP contribution is 2.22. The molecule has 134 valence electrons. The van der Waals surface area contributed by atoms with E-state index in [4.69, 9.17) is 14.6 Å². The number of ether oxygens (including phenoxy) is 2. The molecule has 8 heteroatoms. The number of carbonyl (C=O) groups excluding carboxylic acids is 2. The predicted molar refractivity (Wildman–Crippen MR) is 87.3 cm³/mol. The molecule has 0 aliphatic carbocycles. The molecule has 3 rings (SSSR count). The Kier molecular flexibility index (Phi) is 5.30. The van der Waals surface area contributed by atoms with Crippen LogP contribution in [0.4, 0.5) is 5.69 Å². The normalized spacial score (nSPS) is 23.3. The summed E-state index contributed by atoms with van der Waals surface area (Å²) >= 11 is 0. The molecule has 2 aliphatic rings. The van der Waals surface area contributed by atoms with Crippen molar-refractivity contribution in [1.82, 2.24) is 4.90 Å². The first kappa shape index (κ1) is 17.4. The van der Waals surface area contributed by atoms with E-state index in [0.29, 0.717) is 50.4 Å². The molecule has 8 nitrogen and oxygen atoms in total. The largest absolute Gasteiger partial charge is 0.479 e. The summed E-state index contributed by atoms with van der Waals surface area (Å²) in [5.74, 6) is -1.57. The highest BCUT2D eigenvalue weighted by atomic mass is 16.5. The van der Waals surface area contributed by atoms with Crippen LogP contribution in [0, 0.1) is 0 Å². The Morgan fingerprint density at radius 2 is 1.84 bits per heavy atom. The number of carboxylic acid groups (broad SMARTS) is 1. The van der Waals surface area contributed by atoms with Gasteiger partial charge in [-0.25, -0.2) is 4.79 Å². The number of hydrogen-bond acceptors (Lipinski definition) is 5. The molecule has 0 spiro atoms. The Bertz CT molecular complexity index is 671. The summed E-state index contributed by atoms with van der Waals surface area (Å²) in [5.41, 5.74) is 0.960. The van der Waals surface area contributed by atoms with E-state index in [9.17, 15) is 14.4 Å². The molecule has 0 radical (unpaired) electrons. The van der Waals surface area contributed by atoms with Crippen LogP contribution in [0.25, 0.3) is 0 Å². The number of hydrogen-bond donors (Lipinski definition) is 2. The van der Waals surface area contributed by atoms with Crippen molar-refractivity contribution in [3.8, 4) is 0 Å². The predicted octanol–water partition coefficient (Wildman–Crippen LogP) is 0.730. The van der Waals surface area contributed by atoms with Gasteiger partial charge in [0.2, 0.25) is 0 Å². The lowest BCUT2D eigenvalue weighted by Crippen LogP contribution is -2.40. The molecule has 2 amide bonds. The monoisotopic (exact) mass is 348 g/mol. The van der Waals surface area contributed by atoms with Gasteiger partial charge in [-0.3, -0.25) is 9.59 Å². The molecule has 0 saturated carbocycles. The fourth-order valence-corrected chi connectivity index (χ4v) is 2.91. The third kappa shape index (κ3) is 4.15. The Hall–Kier alpha value is -2.45. The van der Waals surface area contributed by atoms with Crippen LogP contribution < -0.4 is 5.32 Å². The van der Waals surface area contributed by atoms with Gasteiger partial charge >= 0.3 is 5.97 Å².